The number of nitrogens with zero attached hydrogens (tertiary/aromatic N) is 1. The summed E-state index contributed by atoms with van der Waals surface area (Å²) in [6.07, 6.45) is 1.24. The van der Waals surface area contributed by atoms with E-state index < -0.39 is 6.04 Å². The van der Waals surface area contributed by atoms with Gasteiger partial charge in [0.25, 0.3) is 5.91 Å². The molecule has 2 rings (SSSR count). The molecule has 0 aliphatic heterocycles. The molecule has 1 N–H and O–H groups in total. The average molecular weight is 479 g/mol. The molecule has 7 heteroatoms. The van der Waals surface area contributed by atoms with Gasteiger partial charge in [0.1, 0.15) is 11.8 Å². The zero-order valence-electron chi connectivity index (χ0n) is 19.4. The molecule has 0 spiro atoms. The van der Waals surface area contributed by atoms with E-state index in [4.69, 9.17) is 27.9 Å². The van der Waals surface area contributed by atoms with Crippen LogP contribution in [0.1, 0.15) is 50.3 Å². The Labute approximate surface area is 201 Å². The summed E-state index contributed by atoms with van der Waals surface area (Å²) in [5.41, 5.74) is 2.70. The molecule has 0 saturated carbocycles. The lowest BCUT2D eigenvalue weighted by molar-refractivity contribution is -0.143. The van der Waals surface area contributed by atoms with Crippen LogP contribution >= 0.6 is 23.2 Å². The standard InChI is InChI=1S/C25H32Cl2N2O3/c1-6-18(5)28-25(31)23(7-2)29(14-20-21(26)9-8-10-22(20)27)24(30)15-32-19-12-16(3)11-17(4)13-19/h8-13,18,23H,6-7,14-15H2,1-5H3,(H,28,31). The van der Waals surface area contributed by atoms with Gasteiger partial charge in [0.15, 0.2) is 6.61 Å². The number of rotatable bonds is 10. The van der Waals surface area contributed by atoms with E-state index in [-0.39, 0.29) is 31.0 Å². The maximum Gasteiger partial charge on any atom is 0.261 e. The first-order valence-electron chi connectivity index (χ1n) is 10.9. The Hall–Kier alpha value is -2.24. The number of hydrogen-bond acceptors (Lipinski definition) is 3. The van der Waals surface area contributed by atoms with Crippen molar-refractivity contribution in [1.29, 1.82) is 0 Å². The fourth-order valence-electron chi connectivity index (χ4n) is 3.46. The van der Waals surface area contributed by atoms with Gasteiger partial charge in [0, 0.05) is 28.2 Å². The topological polar surface area (TPSA) is 58.6 Å². The second-order valence-electron chi connectivity index (χ2n) is 8.08. The minimum Gasteiger partial charge on any atom is -0.484 e. The number of hydrogen-bond donors (Lipinski definition) is 1. The zero-order valence-corrected chi connectivity index (χ0v) is 20.9. The number of amides is 2. The molecule has 0 saturated heterocycles. The quantitative estimate of drug-likeness (QED) is 0.475. The van der Waals surface area contributed by atoms with Gasteiger partial charge in [-0.1, -0.05) is 49.2 Å². The Balaban J connectivity index is 2.30. The highest BCUT2D eigenvalue weighted by Crippen LogP contribution is 2.27. The predicted molar refractivity (Wildman–Crippen MR) is 130 cm³/mol. The van der Waals surface area contributed by atoms with Crippen LogP contribution in [0.25, 0.3) is 0 Å². The van der Waals surface area contributed by atoms with Crippen molar-refractivity contribution in [1.82, 2.24) is 10.2 Å². The summed E-state index contributed by atoms with van der Waals surface area (Å²) in [5.74, 6) is 0.0970. The predicted octanol–water partition coefficient (Wildman–Crippen LogP) is 5.71. The second-order valence-corrected chi connectivity index (χ2v) is 8.89. The highest BCUT2D eigenvalue weighted by molar-refractivity contribution is 6.36. The Morgan fingerprint density at radius 1 is 1.03 bits per heavy atom. The van der Waals surface area contributed by atoms with Crippen molar-refractivity contribution in [3.63, 3.8) is 0 Å². The Bertz CT molecular complexity index is 908. The summed E-state index contributed by atoms with van der Waals surface area (Å²) in [6.45, 7) is 9.67. The van der Waals surface area contributed by atoms with E-state index in [0.717, 1.165) is 17.5 Å². The molecule has 32 heavy (non-hydrogen) atoms. The monoisotopic (exact) mass is 478 g/mol. The minimum absolute atomic E-state index is 0.00363. The molecule has 174 valence electrons. The molecule has 0 aliphatic carbocycles. The molecule has 2 amide bonds. The number of ether oxygens (including phenoxy) is 1. The maximum atomic E-state index is 13.3. The fraction of sp³-hybridized carbons (Fsp3) is 0.440. The van der Waals surface area contributed by atoms with Crippen LogP contribution in [0.4, 0.5) is 0 Å². The summed E-state index contributed by atoms with van der Waals surface area (Å²) >= 11 is 12.7. The van der Waals surface area contributed by atoms with Crippen LogP contribution in [0, 0.1) is 13.8 Å². The van der Waals surface area contributed by atoms with E-state index in [1.807, 2.05) is 52.8 Å². The SMILES string of the molecule is CCC(C)NC(=O)C(CC)N(Cc1c(Cl)cccc1Cl)C(=O)COc1cc(C)cc(C)c1. The van der Waals surface area contributed by atoms with E-state index in [1.165, 1.54) is 4.90 Å². The molecule has 0 bridgehead atoms. The van der Waals surface area contributed by atoms with Crippen LogP contribution in [-0.4, -0.2) is 35.4 Å². The van der Waals surface area contributed by atoms with Crippen molar-refractivity contribution < 1.29 is 14.3 Å². The Morgan fingerprint density at radius 2 is 1.62 bits per heavy atom. The Kier molecular flexibility index (Phi) is 9.85. The number of nitrogens with one attached hydrogen (secondary N) is 1. The molecule has 2 atom stereocenters. The van der Waals surface area contributed by atoms with Crippen molar-refractivity contribution in [2.75, 3.05) is 6.61 Å². The van der Waals surface area contributed by atoms with Crippen molar-refractivity contribution in [2.45, 2.75) is 66.1 Å². The number of halogens is 2. The molecule has 2 aromatic rings. The lowest BCUT2D eigenvalue weighted by Gasteiger charge is -2.32. The average Bonchev–Trinajstić information content (AvgIpc) is 2.73. The molecule has 0 aliphatic rings. The van der Waals surface area contributed by atoms with Gasteiger partial charge in [-0.3, -0.25) is 9.59 Å². The number of carbonyl (C=O) groups excluding carboxylic acids is 2. The molecule has 2 aromatic carbocycles. The highest BCUT2D eigenvalue weighted by Gasteiger charge is 2.30. The molecule has 0 radical (unpaired) electrons. The first-order chi connectivity index (χ1) is 15.2. The van der Waals surface area contributed by atoms with Crippen LogP contribution in [0.3, 0.4) is 0 Å². The summed E-state index contributed by atoms with van der Waals surface area (Å²) in [5, 5.41) is 3.87. The molecule has 0 heterocycles. The molecule has 0 fully saturated rings. The molecular formula is C25H32Cl2N2O3. The van der Waals surface area contributed by atoms with E-state index >= 15 is 0 Å². The zero-order chi connectivity index (χ0) is 23.8. The molecule has 2 unspecified atom stereocenters. The van der Waals surface area contributed by atoms with Crippen molar-refractivity contribution in [3.8, 4) is 5.75 Å². The van der Waals surface area contributed by atoms with Gasteiger partial charge in [-0.15, -0.1) is 0 Å². The number of aryl methyl sites for hydroxylation is 2. The summed E-state index contributed by atoms with van der Waals surface area (Å²) in [7, 11) is 0. The van der Waals surface area contributed by atoms with Crippen molar-refractivity contribution >= 4 is 35.0 Å². The second kappa shape index (κ2) is 12.1. The van der Waals surface area contributed by atoms with Crippen LogP contribution in [0.5, 0.6) is 5.75 Å². The van der Waals surface area contributed by atoms with Crippen LogP contribution < -0.4 is 10.1 Å². The lowest BCUT2D eigenvalue weighted by Crippen LogP contribution is -2.51. The van der Waals surface area contributed by atoms with Gasteiger partial charge in [-0.25, -0.2) is 0 Å². The Morgan fingerprint density at radius 3 is 2.16 bits per heavy atom. The first kappa shape index (κ1) is 26.0. The van der Waals surface area contributed by atoms with Crippen LogP contribution in [0.2, 0.25) is 10.0 Å². The molecular weight excluding hydrogens is 447 g/mol. The van der Waals surface area contributed by atoms with E-state index in [1.54, 1.807) is 18.2 Å². The van der Waals surface area contributed by atoms with Gasteiger partial charge < -0.3 is 15.0 Å². The third kappa shape index (κ3) is 7.14. The largest absolute Gasteiger partial charge is 0.484 e. The first-order valence-corrected chi connectivity index (χ1v) is 11.7. The molecule has 0 aromatic heterocycles. The summed E-state index contributed by atoms with van der Waals surface area (Å²) in [6, 6.07) is 10.3. The molecule has 5 nitrogen and oxygen atoms in total. The smallest absolute Gasteiger partial charge is 0.261 e. The minimum atomic E-state index is -0.674. The van der Waals surface area contributed by atoms with Gasteiger partial charge in [0.05, 0.1) is 0 Å². The normalized spacial score (nSPS) is 12.7. The fourth-order valence-corrected chi connectivity index (χ4v) is 3.98. The highest BCUT2D eigenvalue weighted by atomic mass is 35.5. The van der Waals surface area contributed by atoms with Gasteiger partial charge in [0.2, 0.25) is 5.91 Å². The van der Waals surface area contributed by atoms with Crippen molar-refractivity contribution in [2.24, 2.45) is 0 Å². The number of carbonyl (C=O) groups is 2. The maximum absolute atomic E-state index is 13.3. The summed E-state index contributed by atoms with van der Waals surface area (Å²) in [4.78, 5) is 27.8. The third-order valence-electron chi connectivity index (χ3n) is 5.33. The van der Waals surface area contributed by atoms with E-state index in [2.05, 4.69) is 5.32 Å². The van der Waals surface area contributed by atoms with Gasteiger partial charge in [-0.2, -0.15) is 0 Å². The lowest BCUT2D eigenvalue weighted by atomic mass is 10.1. The number of benzene rings is 2. The van der Waals surface area contributed by atoms with E-state index in [9.17, 15) is 9.59 Å². The van der Waals surface area contributed by atoms with Gasteiger partial charge >= 0.3 is 0 Å². The third-order valence-corrected chi connectivity index (χ3v) is 6.04. The van der Waals surface area contributed by atoms with Crippen LogP contribution in [-0.2, 0) is 16.1 Å². The van der Waals surface area contributed by atoms with E-state index in [0.29, 0.717) is 27.8 Å². The van der Waals surface area contributed by atoms with Crippen LogP contribution in [0.15, 0.2) is 36.4 Å². The summed E-state index contributed by atoms with van der Waals surface area (Å²) < 4.78 is 5.80. The van der Waals surface area contributed by atoms with Crippen molar-refractivity contribution in [3.05, 3.63) is 63.1 Å². The van der Waals surface area contributed by atoms with Gasteiger partial charge in [-0.05, 0) is 69.0 Å².